The Morgan fingerprint density at radius 2 is 2.08 bits per heavy atom. The van der Waals surface area contributed by atoms with Crippen molar-refractivity contribution in [2.45, 2.75) is 59.0 Å². The van der Waals surface area contributed by atoms with E-state index in [1.54, 1.807) is 18.4 Å². The van der Waals surface area contributed by atoms with Gasteiger partial charge in [0.15, 0.2) is 0 Å². The fourth-order valence-electron chi connectivity index (χ4n) is 3.28. The lowest BCUT2D eigenvalue weighted by Crippen LogP contribution is -2.44. The highest BCUT2D eigenvalue weighted by atomic mass is 32.1. The Morgan fingerprint density at radius 3 is 2.81 bits per heavy atom. The first-order valence-electron chi connectivity index (χ1n) is 9.05. The molecule has 3 heterocycles. The quantitative estimate of drug-likeness (QED) is 0.850. The van der Waals surface area contributed by atoms with Crippen LogP contribution >= 0.6 is 11.3 Å². The van der Waals surface area contributed by atoms with Gasteiger partial charge >= 0.3 is 0 Å². The second-order valence-electron chi connectivity index (χ2n) is 6.62. The van der Waals surface area contributed by atoms with Gasteiger partial charge in [0.05, 0.1) is 10.3 Å². The summed E-state index contributed by atoms with van der Waals surface area (Å²) in [5.74, 6) is 0.234. The maximum atomic E-state index is 12.9. The van der Waals surface area contributed by atoms with E-state index in [4.69, 9.17) is 0 Å². The van der Waals surface area contributed by atoms with Gasteiger partial charge in [-0.2, -0.15) is 0 Å². The molecule has 7 nitrogen and oxygen atoms in total. The molecular formula is C18H24N4O3S. The smallest absolute Gasteiger partial charge is 0.262 e. The molecular weight excluding hydrogens is 352 g/mol. The summed E-state index contributed by atoms with van der Waals surface area (Å²) < 4.78 is 1.76. The minimum absolute atomic E-state index is 0.0588. The number of fused-ring (bicyclic) bond motifs is 2. The van der Waals surface area contributed by atoms with Crippen LogP contribution in [0.5, 0.6) is 0 Å². The van der Waals surface area contributed by atoms with E-state index in [-0.39, 0.29) is 17.4 Å². The van der Waals surface area contributed by atoms with E-state index in [1.165, 1.54) is 11.3 Å². The van der Waals surface area contributed by atoms with Crippen LogP contribution < -0.4 is 16.2 Å². The zero-order chi connectivity index (χ0) is 18.8. The standard InChI is InChI=1S/C18H24N4O3S/c1-4-19-15(23)11(3)20-16(24)14-10(2)13-17(26-14)21-12-8-6-5-7-9-22(12)18(13)25/h11H,4-9H2,1-3H3,(H,19,23)(H,20,24)/t11-/m1/s1. The summed E-state index contributed by atoms with van der Waals surface area (Å²) in [5.41, 5.74) is 0.583. The molecule has 8 heteroatoms. The van der Waals surface area contributed by atoms with Crippen LogP contribution in [-0.4, -0.2) is 34.0 Å². The number of amides is 2. The number of thiophene rings is 1. The normalized spacial score (nSPS) is 15.2. The van der Waals surface area contributed by atoms with E-state index in [1.807, 2.05) is 6.92 Å². The topological polar surface area (TPSA) is 93.1 Å². The molecule has 2 amide bonds. The number of rotatable bonds is 4. The summed E-state index contributed by atoms with van der Waals surface area (Å²) in [7, 11) is 0. The lowest BCUT2D eigenvalue weighted by Gasteiger charge is -2.12. The van der Waals surface area contributed by atoms with Crippen molar-refractivity contribution in [1.82, 2.24) is 20.2 Å². The average Bonchev–Trinajstić information content (AvgIpc) is 2.78. The average molecular weight is 376 g/mol. The number of nitrogens with one attached hydrogen (secondary N) is 2. The SMILES string of the molecule is CCNC(=O)[C@@H](C)NC(=O)c1sc2nc3n(c(=O)c2c1C)CCCCC3. The minimum Gasteiger partial charge on any atom is -0.355 e. The molecule has 0 aromatic carbocycles. The molecule has 1 aliphatic rings. The molecule has 26 heavy (non-hydrogen) atoms. The summed E-state index contributed by atoms with van der Waals surface area (Å²) >= 11 is 1.22. The molecule has 3 rings (SSSR count). The van der Waals surface area contributed by atoms with Crippen LogP contribution in [0.25, 0.3) is 10.2 Å². The van der Waals surface area contributed by atoms with E-state index in [0.717, 1.165) is 31.5 Å². The van der Waals surface area contributed by atoms with Crippen molar-refractivity contribution in [2.75, 3.05) is 6.54 Å². The van der Waals surface area contributed by atoms with Gasteiger partial charge in [-0.1, -0.05) is 6.42 Å². The van der Waals surface area contributed by atoms with Gasteiger partial charge in [-0.15, -0.1) is 11.3 Å². The number of aryl methyl sites for hydroxylation is 2. The molecule has 0 bridgehead atoms. The third kappa shape index (κ3) is 3.38. The highest BCUT2D eigenvalue weighted by Gasteiger charge is 2.24. The summed E-state index contributed by atoms with van der Waals surface area (Å²) in [6, 6.07) is -0.641. The summed E-state index contributed by atoms with van der Waals surface area (Å²) in [4.78, 5) is 43.1. The Bertz CT molecular complexity index is 915. The summed E-state index contributed by atoms with van der Waals surface area (Å²) in [6.45, 7) is 6.43. The van der Waals surface area contributed by atoms with Gasteiger partial charge in [0.25, 0.3) is 11.5 Å². The molecule has 0 unspecified atom stereocenters. The van der Waals surface area contributed by atoms with E-state index < -0.39 is 6.04 Å². The lowest BCUT2D eigenvalue weighted by atomic mass is 10.2. The Kier molecular flexibility index (Phi) is 5.41. The Balaban J connectivity index is 1.97. The van der Waals surface area contributed by atoms with Crippen LogP contribution in [0.3, 0.4) is 0 Å². The van der Waals surface area contributed by atoms with Crippen LogP contribution in [0.4, 0.5) is 0 Å². The second kappa shape index (κ2) is 7.57. The number of hydrogen-bond donors (Lipinski definition) is 2. The fraction of sp³-hybridized carbons (Fsp3) is 0.556. The fourth-order valence-corrected chi connectivity index (χ4v) is 4.38. The molecule has 0 radical (unpaired) electrons. The van der Waals surface area contributed by atoms with Gasteiger partial charge in [0.2, 0.25) is 5.91 Å². The van der Waals surface area contributed by atoms with Crippen molar-refractivity contribution >= 4 is 33.4 Å². The van der Waals surface area contributed by atoms with Crippen molar-refractivity contribution in [3.05, 3.63) is 26.6 Å². The van der Waals surface area contributed by atoms with E-state index >= 15 is 0 Å². The Labute approximate surface area is 155 Å². The molecule has 1 aliphatic heterocycles. The predicted octanol–water partition coefficient (Wildman–Crippen LogP) is 1.75. The molecule has 0 spiro atoms. The largest absolute Gasteiger partial charge is 0.355 e. The second-order valence-corrected chi connectivity index (χ2v) is 7.62. The molecule has 2 N–H and O–H groups in total. The van der Waals surface area contributed by atoms with Crippen LogP contribution in [0, 0.1) is 6.92 Å². The Morgan fingerprint density at radius 1 is 1.31 bits per heavy atom. The van der Waals surface area contributed by atoms with Gasteiger partial charge in [0, 0.05) is 19.5 Å². The van der Waals surface area contributed by atoms with Crippen LogP contribution in [0.1, 0.15) is 54.2 Å². The number of likely N-dealkylation sites (N-methyl/N-ethyl adjacent to an activating group) is 1. The van der Waals surface area contributed by atoms with Gasteiger partial charge in [-0.05, 0) is 39.2 Å². The van der Waals surface area contributed by atoms with Crippen LogP contribution in [-0.2, 0) is 17.8 Å². The van der Waals surface area contributed by atoms with Crippen molar-refractivity contribution < 1.29 is 9.59 Å². The van der Waals surface area contributed by atoms with Gasteiger partial charge in [0.1, 0.15) is 16.7 Å². The number of hydrogen-bond acceptors (Lipinski definition) is 5. The highest BCUT2D eigenvalue weighted by Crippen LogP contribution is 2.28. The van der Waals surface area contributed by atoms with Crippen molar-refractivity contribution in [2.24, 2.45) is 0 Å². The zero-order valence-electron chi connectivity index (χ0n) is 15.3. The predicted molar refractivity (Wildman–Crippen MR) is 102 cm³/mol. The van der Waals surface area contributed by atoms with Crippen molar-refractivity contribution in [1.29, 1.82) is 0 Å². The maximum absolute atomic E-state index is 12.9. The number of carbonyl (C=O) groups excluding carboxylic acids is 2. The number of nitrogens with zero attached hydrogens (tertiary/aromatic N) is 2. The summed E-state index contributed by atoms with van der Waals surface area (Å²) in [5, 5.41) is 5.91. The summed E-state index contributed by atoms with van der Waals surface area (Å²) in [6.07, 6.45) is 3.89. The molecule has 0 aliphatic carbocycles. The molecule has 140 valence electrons. The molecule has 2 aromatic heterocycles. The molecule has 2 aromatic rings. The molecule has 0 fully saturated rings. The van der Waals surface area contributed by atoms with Gasteiger partial charge in [-0.25, -0.2) is 4.98 Å². The molecule has 0 saturated carbocycles. The first kappa shape index (κ1) is 18.6. The van der Waals surface area contributed by atoms with Crippen LogP contribution in [0.2, 0.25) is 0 Å². The maximum Gasteiger partial charge on any atom is 0.262 e. The monoisotopic (exact) mass is 376 g/mol. The van der Waals surface area contributed by atoms with E-state index in [2.05, 4.69) is 15.6 Å². The van der Waals surface area contributed by atoms with Crippen molar-refractivity contribution in [3.63, 3.8) is 0 Å². The van der Waals surface area contributed by atoms with E-state index in [9.17, 15) is 14.4 Å². The van der Waals surface area contributed by atoms with E-state index in [0.29, 0.717) is 33.7 Å². The van der Waals surface area contributed by atoms with Gasteiger partial charge in [-0.3, -0.25) is 19.0 Å². The van der Waals surface area contributed by atoms with Crippen molar-refractivity contribution in [3.8, 4) is 0 Å². The number of aromatic nitrogens is 2. The van der Waals surface area contributed by atoms with Gasteiger partial charge < -0.3 is 10.6 Å². The lowest BCUT2D eigenvalue weighted by molar-refractivity contribution is -0.122. The highest BCUT2D eigenvalue weighted by molar-refractivity contribution is 7.20. The third-order valence-electron chi connectivity index (χ3n) is 4.71. The minimum atomic E-state index is -0.641. The Hall–Kier alpha value is -2.22. The zero-order valence-corrected chi connectivity index (χ0v) is 16.2. The number of carbonyl (C=O) groups is 2. The molecule has 0 saturated heterocycles. The first-order chi connectivity index (χ1) is 12.4. The van der Waals surface area contributed by atoms with Crippen LogP contribution in [0.15, 0.2) is 4.79 Å². The third-order valence-corrected chi connectivity index (χ3v) is 5.89. The molecule has 1 atom stereocenters. The first-order valence-corrected chi connectivity index (χ1v) is 9.87.